The maximum Gasteiger partial charge on any atom is 0.174 e. The molecule has 0 spiro atoms. The molecule has 0 aliphatic carbocycles. The fourth-order valence-corrected chi connectivity index (χ4v) is 5.53. The third-order valence-corrected chi connectivity index (χ3v) is 7.78. The normalized spacial score (nSPS) is 19.8. The summed E-state index contributed by atoms with van der Waals surface area (Å²) < 4.78 is 11.9. The first-order chi connectivity index (χ1) is 18.1. The Balaban J connectivity index is 1.37. The number of thiocarbonyl (C=S) groups is 1. The minimum absolute atomic E-state index is 0.194. The maximum atomic E-state index is 6.43. The molecular weight excluding hydrogens is 527 g/mol. The third kappa shape index (κ3) is 4.80. The number of pyridine rings is 1. The van der Waals surface area contributed by atoms with Crippen LogP contribution >= 0.6 is 35.4 Å². The zero-order valence-electron chi connectivity index (χ0n) is 19.8. The van der Waals surface area contributed by atoms with E-state index in [4.69, 9.17) is 44.6 Å². The summed E-state index contributed by atoms with van der Waals surface area (Å²) in [5.74, 6) is 1.47. The van der Waals surface area contributed by atoms with Gasteiger partial charge in [0.05, 0.1) is 35.0 Å². The quantitative estimate of drug-likeness (QED) is 0.279. The second kappa shape index (κ2) is 10.3. The molecule has 0 bridgehead atoms. The number of morpholine rings is 1. The number of nitrogens with zero attached hydrogens (tertiary/aromatic N) is 3. The number of nitrogens with one attached hydrogen (secondary N) is 1. The van der Waals surface area contributed by atoms with Crippen LogP contribution in [0.4, 0.5) is 11.4 Å². The molecule has 2 fully saturated rings. The second-order valence-corrected chi connectivity index (χ2v) is 10.1. The van der Waals surface area contributed by atoms with E-state index in [0.717, 1.165) is 49.0 Å². The molecule has 2 aromatic heterocycles. The van der Waals surface area contributed by atoms with E-state index in [9.17, 15) is 0 Å². The molecule has 2 aliphatic heterocycles. The summed E-state index contributed by atoms with van der Waals surface area (Å²) in [6, 6.07) is 23.3. The molecule has 0 radical (unpaired) electrons. The first kappa shape index (κ1) is 24.2. The molecule has 0 saturated carbocycles. The molecule has 6 nitrogen and oxygen atoms in total. The molecule has 4 aromatic rings. The largest absolute Gasteiger partial charge is 0.459 e. The monoisotopic (exact) mass is 550 g/mol. The summed E-state index contributed by atoms with van der Waals surface area (Å²) in [4.78, 5) is 9.06. The van der Waals surface area contributed by atoms with Gasteiger partial charge in [-0.15, -0.1) is 0 Å². The second-order valence-electron chi connectivity index (χ2n) is 8.94. The standard InChI is InChI=1S/C28H24Cl2N4O2S/c29-21-9-4-18(17-22(21)30)24-10-11-25(36-24)27-26(23-3-1-2-12-31-23)32-28(37)34(27)20-7-5-19(6-8-20)33-13-15-35-16-14-33/h1-12,17,26-27H,13-16H2,(H,32,37)/t26-,27-/m0/s1. The van der Waals surface area contributed by atoms with Crippen LogP contribution in [-0.2, 0) is 4.74 Å². The Morgan fingerprint density at radius 1 is 0.892 bits per heavy atom. The van der Waals surface area contributed by atoms with Crippen molar-refractivity contribution in [3.05, 3.63) is 100 Å². The SMILES string of the molecule is S=C1N[C@@H](c2ccccn2)[C@H](c2ccc(-c3ccc(Cl)c(Cl)c3)o2)N1c1ccc(N2CCOCC2)cc1. The number of furan rings is 1. The predicted molar refractivity (Wildman–Crippen MR) is 152 cm³/mol. The molecule has 9 heteroatoms. The molecule has 2 atom stereocenters. The number of hydrogen-bond acceptors (Lipinski definition) is 5. The van der Waals surface area contributed by atoms with Gasteiger partial charge in [-0.1, -0.05) is 29.3 Å². The van der Waals surface area contributed by atoms with Crippen LogP contribution in [0.1, 0.15) is 23.5 Å². The molecule has 2 aliphatic rings. The van der Waals surface area contributed by atoms with Crippen molar-refractivity contribution in [2.45, 2.75) is 12.1 Å². The number of aromatic nitrogens is 1. The van der Waals surface area contributed by atoms with Crippen LogP contribution < -0.4 is 15.1 Å². The van der Waals surface area contributed by atoms with Crippen LogP contribution in [0, 0.1) is 0 Å². The summed E-state index contributed by atoms with van der Waals surface area (Å²) in [5, 5.41) is 5.08. The molecule has 37 heavy (non-hydrogen) atoms. The van der Waals surface area contributed by atoms with Crippen molar-refractivity contribution >= 4 is 51.9 Å². The lowest BCUT2D eigenvalue weighted by Gasteiger charge is -2.30. The summed E-state index contributed by atoms with van der Waals surface area (Å²) in [6.45, 7) is 3.26. The summed E-state index contributed by atoms with van der Waals surface area (Å²) in [7, 11) is 0. The number of ether oxygens (including phenoxy) is 1. The van der Waals surface area contributed by atoms with Crippen molar-refractivity contribution in [3.63, 3.8) is 0 Å². The highest BCUT2D eigenvalue weighted by Crippen LogP contribution is 2.43. The van der Waals surface area contributed by atoms with Crippen molar-refractivity contribution in [2.24, 2.45) is 0 Å². The van der Waals surface area contributed by atoms with E-state index >= 15 is 0 Å². The first-order valence-electron chi connectivity index (χ1n) is 12.1. The smallest absolute Gasteiger partial charge is 0.174 e. The zero-order valence-corrected chi connectivity index (χ0v) is 22.1. The molecule has 6 rings (SSSR count). The Morgan fingerprint density at radius 3 is 2.41 bits per heavy atom. The van der Waals surface area contributed by atoms with Crippen molar-refractivity contribution < 1.29 is 9.15 Å². The van der Waals surface area contributed by atoms with Crippen molar-refractivity contribution in [3.8, 4) is 11.3 Å². The molecule has 0 amide bonds. The number of benzene rings is 2. The van der Waals surface area contributed by atoms with Gasteiger partial charge in [0.2, 0.25) is 0 Å². The van der Waals surface area contributed by atoms with Gasteiger partial charge < -0.3 is 24.3 Å². The summed E-state index contributed by atoms with van der Waals surface area (Å²) >= 11 is 18.2. The van der Waals surface area contributed by atoms with E-state index in [0.29, 0.717) is 20.9 Å². The lowest BCUT2D eigenvalue weighted by Crippen LogP contribution is -2.36. The molecule has 2 aromatic carbocycles. The van der Waals surface area contributed by atoms with Gasteiger partial charge >= 0.3 is 0 Å². The average molecular weight is 551 g/mol. The van der Waals surface area contributed by atoms with Crippen molar-refractivity contribution in [2.75, 3.05) is 36.1 Å². The van der Waals surface area contributed by atoms with Crippen molar-refractivity contribution in [1.29, 1.82) is 0 Å². The Bertz CT molecular complexity index is 1410. The van der Waals surface area contributed by atoms with Gasteiger partial charge in [-0.05, 0) is 78.9 Å². The highest BCUT2D eigenvalue weighted by molar-refractivity contribution is 7.80. The Hall–Kier alpha value is -3.10. The topological polar surface area (TPSA) is 53.8 Å². The average Bonchev–Trinajstić information content (AvgIpc) is 3.56. The Labute approximate surface area is 230 Å². The lowest BCUT2D eigenvalue weighted by atomic mass is 10.0. The molecule has 0 unspecified atom stereocenters. The molecule has 1 N–H and O–H groups in total. The Kier molecular flexibility index (Phi) is 6.78. The minimum Gasteiger partial charge on any atom is -0.459 e. The summed E-state index contributed by atoms with van der Waals surface area (Å²) in [6.07, 6.45) is 1.79. The fraction of sp³-hybridized carbons (Fsp3) is 0.214. The summed E-state index contributed by atoms with van der Waals surface area (Å²) in [5.41, 5.74) is 3.88. The number of anilines is 2. The number of rotatable bonds is 5. The van der Waals surface area contributed by atoms with E-state index in [1.54, 1.807) is 12.3 Å². The van der Waals surface area contributed by atoms with Crippen LogP contribution in [0.5, 0.6) is 0 Å². The van der Waals surface area contributed by atoms with Gasteiger partial charge in [0.1, 0.15) is 17.6 Å². The van der Waals surface area contributed by atoms with E-state index in [1.807, 2.05) is 42.5 Å². The van der Waals surface area contributed by atoms with Crippen LogP contribution in [0.15, 0.2) is 83.4 Å². The molecular formula is C28H24Cl2N4O2S. The van der Waals surface area contributed by atoms with E-state index in [1.165, 1.54) is 5.69 Å². The van der Waals surface area contributed by atoms with Crippen LogP contribution in [0.25, 0.3) is 11.3 Å². The van der Waals surface area contributed by atoms with Gasteiger partial charge in [0.15, 0.2) is 5.11 Å². The number of halogens is 2. The van der Waals surface area contributed by atoms with E-state index < -0.39 is 0 Å². The molecule has 2 saturated heterocycles. The van der Waals surface area contributed by atoms with Crippen LogP contribution in [-0.4, -0.2) is 36.4 Å². The minimum atomic E-state index is -0.242. The first-order valence-corrected chi connectivity index (χ1v) is 13.2. The third-order valence-electron chi connectivity index (χ3n) is 6.72. The maximum absolute atomic E-state index is 6.43. The van der Waals surface area contributed by atoms with Crippen LogP contribution in [0.2, 0.25) is 10.0 Å². The van der Waals surface area contributed by atoms with Crippen LogP contribution in [0.3, 0.4) is 0 Å². The zero-order chi connectivity index (χ0) is 25.4. The lowest BCUT2D eigenvalue weighted by molar-refractivity contribution is 0.122. The number of hydrogen-bond donors (Lipinski definition) is 1. The van der Waals surface area contributed by atoms with Gasteiger partial charge in [-0.3, -0.25) is 4.98 Å². The van der Waals surface area contributed by atoms with Gasteiger partial charge in [0.25, 0.3) is 0 Å². The van der Waals surface area contributed by atoms with E-state index in [-0.39, 0.29) is 12.1 Å². The molecule has 188 valence electrons. The predicted octanol–water partition coefficient (Wildman–Crippen LogP) is 6.66. The van der Waals surface area contributed by atoms with E-state index in [2.05, 4.69) is 44.4 Å². The Morgan fingerprint density at radius 2 is 1.68 bits per heavy atom. The van der Waals surface area contributed by atoms with Gasteiger partial charge in [-0.25, -0.2) is 0 Å². The van der Waals surface area contributed by atoms with Gasteiger partial charge in [-0.2, -0.15) is 0 Å². The highest BCUT2D eigenvalue weighted by atomic mass is 35.5. The van der Waals surface area contributed by atoms with Gasteiger partial charge in [0, 0.05) is 36.2 Å². The fourth-order valence-electron chi connectivity index (χ4n) is 4.88. The van der Waals surface area contributed by atoms with Crippen molar-refractivity contribution in [1.82, 2.24) is 10.3 Å². The highest BCUT2D eigenvalue weighted by Gasteiger charge is 2.42. The molecule has 4 heterocycles.